The van der Waals surface area contributed by atoms with E-state index in [4.69, 9.17) is 5.73 Å². The molecule has 0 heterocycles. The fourth-order valence-electron chi connectivity index (χ4n) is 1.32. The zero-order chi connectivity index (χ0) is 9.84. The Balaban J connectivity index is 0.00000169. The molecule has 0 bridgehead atoms. The highest BCUT2D eigenvalue weighted by Gasteiger charge is 2.14. The lowest BCUT2D eigenvalue weighted by atomic mass is 10.0. The van der Waals surface area contributed by atoms with Gasteiger partial charge in [-0.15, -0.1) is 12.4 Å². The van der Waals surface area contributed by atoms with Crippen molar-refractivity contribution in [2.45, 2.75) is 25.8 Å². The average Bonchev–Trinajstić information content (AvgIpc) is 2.04. The lowest BCUT2D eigenvalue weighted by Crippen LogP contribution is -2.13. The van der Waals surface area contributed by atoms with Crippen molar-refractivity contribution in [3.05, 3.63) is 35.4 Å². The molecule has 14 heavy (non-hydrogen) atoms. The van der Waals surface area contributed by atoms with Crippen molar-refractivity contribution >= 4 is 12.4 Å². The third-order valence-electron chi connectivity index (χ3n) is 1.97. The second kappa shape index (κ2) is 5.94. The number of hydrogen-bond acceptors (Lipinski definition) is 1. The van der Waals surface area contributed by atoms with Gasteiger partial charge in [-0.05, 0) is 18.6 Å². The molecule has 1 rings (SSSR count). The van der Waals surface area contributed by atoms with Gasteiger partial charge in [0.2, 0.25) is 0 Å². The number of nitrogens with two attached hydrogens (primary N) is 1. The van der Waals surface area contributed by atoms with Gasteiger partial charge < -0.3 is 5.73 Å². The standard InChI is InChI=1S/C10H13F2N.ClH/c1-2-4-9(13)10-7(11)5-3-6-8(10)12;/h3,5-6,9H,2,4,13H2,1H3;1H. The molecule has 1 aromatic carbocycles. The lowest BCUT2D eigenvalue weighted by Gasteiger charge is -2.12. The molecule has 0 saturated heterocycles. The van der Waals surface area contributed by atoms with Crippen LogP contribution in [0.15, 0.2) is 18.2 Å². The number of benzene rings is 1. The maximum atomic E-state index is 13.1. The van der Waals surface area contributed by atoms with Gasteiger partial charge in [0.15, 0.2) is 0 Å². The Morgan fingerprint density at radius 3 is 2.21 bits per heavy atom. The van der Waals surface area contributed by atoms with E-state index in [1.807, 2.05) is 6.92 Å². The molecular formula is C10H14ClF2N. The van der Waals surface area contributed by atoms with Crippen molar-refractivity contribution in [3.63, 3.8) is 0 Å². The van der Waals surface area contributed by atoms with E-state index in [1.54, 1.807) is 0 Å². The molecule has 80 valence electrons. The van der Waals surface area contributed by atoms with E-state index in [-0.39, 0.29) is 18.0 Å². The summed E-state index contributed by atoms with van der Waals surface area (Å²) in [7, 11) is 0. The van der Waals surface area contributed by atoms with Crippen LogP contribution in [0.25, 0.3) is 0 Å². The molecule has 0 aliphatic heterocycles. The molecule has 0 amide bonds. The van der Waals surface area contributed by atoms with Gasteiger partial charge in [-0.3, -0.25) is 0 Å². The highest BCUT2D eigenvalue weighted by atomic mass is 35.5. The molecule has 1 nitrogen and oxygen atoms in total. The van der Waals surface area contributed by atoms with Crippen LogP contribution in [0.5, 0.6) is 0 Å². The summed E-state index contributed by atoms with van der Waals surface area (Å²) in [6.45, 7) is 1.93. The van der Waals surface area contributed by atoms with Crippen LogP contribution in [-0.2, 0) is 0 Å². The quantitative estimate of drug-likeness (QED) is 0.834. The van der Waals surface area contributed by atoms with Gasteiger partial charge >= 0.3 is 0 Å². The van der Waals surface area contributed by atoms with Crippen molar-refractivity contribution < 1.29 is 8.78 Å². The van der Waals surface area contributed by atoms with Gasteiger partial charge in [0, 0.05) is 11.6 Å². The molecule has 2 N–H and O–H groups in total. The first-order valence-corrected chi connectivity index (χ1v) is 4.36. The van der Waals surface area contributed by atoms with Crippen LogP contribution in [0.3, 0.4) is 0 Å². The van der Waals surface area contributed by atoms with Gasteiger partial charge in [0.1, 0.15) is 11.6 Å². The predicted molar refractivity (Wildman–Crippen MR) is 55.4 cm³/mol. The lowest BCUT2D eigenvalue weighted by molar-refractivity contribution is 0.510. The van der Waals surface area contributed by atoms with Crippen LogP contribution in [0, 0.1) is 11.6 Å². The van der Waals surface area contributed by atoms with Gasteiger partial charge in [-0.2, -0.15) is 0 Å². The smallest absolute Gasteiger partial charge is 0.130 e. The number of rotatable bonds is 3. The largest absolute Gasteiger partial charge is 0.324 e. The van der Waals surface area contributed by atoms with Gasteiger partial charge in [-0.1, -0.05) is 19.4 Å². The number of halogens is 3. The summed E-state index contributed by atoms with van der Waals surface area (Å²) in [5.41, 5.74) is 5.63. The van der Waals surface area contributed by atoms with E-state index in [0.717, 1.165) is 6.42 Å². The minimum Gasteiger partial charge on any atom is -0.324 e. The Morgan fingerprint density at radius 1 is 1.29 bits per heavy atom. The zero-order valence-electron chi connectivity index (χ0n) is 7.97. The SMILES string of the molecule is CCCC(N)c1c(F)cccc1F.Cl. The van der Waals surface area contributed by atoms with E-state index in [0.29, 0.717) is 6.42 Å². The first-order chi connectivity index (χ1) is 6.16. The van der Waals surface area contributed by atoms with Crippen molar-refractivity contribution in [1.29, 1.82) is 0 Å². The Hall–Kier alpha value is -0.670. The molecule has 0 aliphatic carbocycles. The Kier molecular flexibility index (Phi) is 5.65. The maximum Gasteiger partial charge on any atom is 0.130 e. The van der Waals surface area contributed by atoms with E-state index in [2.05, 4.69) is 0 Å². The zero-order valence-corrected chi connectivity index (χ0v) is 8.78. The van der Waals surface area contributed by atoms with E-state index < -0.39 is 17.7 Å². The van der Waals surface area contributed by atoms with Gasteiger partial charge in [0.05, 0.1) is 0 Å². The molecular weight excluding hydrogens is 208 g/mol. The fourth-order valence-corrected chi connectivity index (χ4v) is 1.32. The molecule has 0 radical (unpaired) electrons. The van der Waals surface area contributed by atoms with Crippen molar-refractivity contribution in [2.75, 3.05) is 0 Å². The molecule has 1 unspecified atom stereocenters. The Labute approximate surface area is 88.7 Å². The van der Waals surface area contributed by atoms with Crippen molar-refractivity contribution in [2.24, 2.45) is 5.73 Å². The summed E-state index contributed by atoms with van der Waals surface area (Å²) in [6, 6.07) is 3.26. The van der Waals surface area contributed by atoms with Crippen LogP contribution in [-0.4, -0.2) is 0 Å². The summed E-state index contributed by atoms with van der Waals surface area (Å²) < 4.78 is 26.2. The van der Waals surface area contributed by atoms with E-state index in [1.165, 1.54) is 18.2 Å². The molecule has 4 heteroatoms. The van der Waals surface area contributed by atoms with E-state index >= 15 is 0 Å². The fraction of sp³-hybridized carbons (Fsp3) is 0.400. The normalized spacial score (nSPS) is 12.0. The van der Waals surface area contributed by atoms with Crippen molar-refractivity contribution in [1.82, 2.24) is 0 Å². The van der Waals surface area contributed by atoms with Gasteiger partial charge in [0.25, 0.3) is 0 Å². The van der Waals surface area contributed by atoms with Crippen LogP contribution in [0.4, 0.5) is 8.78 Å². The second-order valence-corrected chi connectivity index (χ2v) is 3.03. The molecule has 0 aromatic heterocycles. The van der Waals surface area contributed by atoms with Gasteiger partial charge in [-0.25, -0.2) is 8.78 Å². The molecule has 0 spiro atoms. The first kappa shape index (κ1) is 13.3. The third kappa shape index (κ3) is 2.93. The number of hydrogen-bond donors (Lipinski definition) is 1. The molecule has 1 atom stereocenters. The highest BCUT2D eigenvalue weighted by molar-refractivity contribution is 5.85. The molecule has 1 aromatic rings. The summed E-state index contributed by atoms with van der Waals surface area (Å²) in [5.74, 6) is -1.11. The highest BCUT2D eigenvalue weighted by Crippen LogP contribution is 2.21. The minimum absolute atomic E-state index is 0. The summed E-state index contributed by atoms with van der Waals surface area (Å²) >= 11 is 0. The van der Waals surface area contributed by atoms with E-state index in [9.17, 15) is 8.78 Å². The Morgan fingerprint density at radius 2 is 1.79 bits per heavy atom. The first-order valence-electron chi connectivity index (χ1n) is 4.36. The second-order valence-electron chi connectivity index (χ2n) is 3.03. The monoisotopic (exact) mass is 221 g/mol. The summed E-state index contributed by atoms with van der Waals surface area (Å²) in [6.07, 6.45) is 1.41. The predicted octanol–water partition coefficient (Wildman–Crippen LogP) is 3.19. The average molecular weight is 222 g/mol. The maximum absolute atomic E-state index is 13.1. The van der Waals surface area contributed by atoms with Crippen LogP contribution < -0.4 is 5.73 Å². The third-order valence-corrected chi connectivity index (χ3v) is 1.97. The topological polar surface area (TPSA) is 26.0 Å². The Bertz CT molecular complexity index is 271. The summed E-state index contributed by atoms with van der Waals surface area (Å²) in [5, 5.41) is 0. The van der Waals surface area contributed by atoms with Crippen LogP contribution in [0.1, 0.15) is 31.4 Å². The van der Waals surface area contributed by atoms with Crippen molar-refractivity contribution in [3.8, 4) is 0 Å². The summed E-state index contributed by atoms with van der Waals surface area (Å²) in [4.78, 5) is 0. The van der Waals surface area contributed by atoms with Crippen LogP contribution >= 0.6 is 12.4 Å². The van der Waals surface area contributed by atoms with Crippen LogP contribution in [0.2, 0.25) is 0 Å². The molecule has 0 aliphatic rings. The minimum atomic E-state index is -0.555. The molecule has 0 fully saturated rings. The molecule has 0 saturated carbocycles.